The van der Waals surface area contributed by atoms with Gasteiger partial charge in [0.05, 0.1) is 11.1 Å². The fourth-order valence-electron chi connectivity index (χ4n) is 2.40. The minimum Gasteiger partial charge on any atom is -0.489 e. The molecular formula is C22H24O5. The molecule has 2 rings (SSSR count). The number of carbonyl (C=O) groups excluding carboxylic acids is 1. The van der Waals surface area contributed by atoms with Gasteiger partial charge in [-0.15, -0.1) is 0 Å². The Morgan fingerprint density at radius 1 is 1.07 bits per heavy atom. The van der Waals surface area contributed by atoms with Gasteiger partial charge in [0.25, 0.3) is 0 Å². The normalized spacial score (nSPS) is 11.8. The molecule has 0 saturated carbocycles. The molecule has 0 atom stereocenters. The molecule has 0 amide bonds. The molecular weight excluding hydrogens is 344 g/mol. The Morgan fingerprint density at radius 2 is 1.74 bits per heavy atom. The van der Waals surface area contributed by atoms with E-state index in [1.54, 1.807) is 58.0 Å². The summed E-state index contributed by atoms with van der Waals surface area (Å²) >= 11 is 0. The maximum absolute atomic E-state index is 12.6. The molecule has 0 heterocycles. The van der Waals surface area contributed by atoms with Crippen LogP contribution in [0.4, 0.5) is 0 Å². The minimum absolute atomic E-state index is 0.0403. The lowest BCUT2D eigenvalue weighted by Gasteiger charge is -2.21. The Kier molecular flexibility index (Phi) is 6.40. The molecule has 142 valence electrons. The summed E-state index contributed by atoms with van der Waals surface area (Å²) in [5, 5.41) is 9.16. The second-order valence-electron chi connectivity index (χ2n) is 7.15. The van der Waals surface area contributed by atoms with Gasteiger partial charge >= 0.3 is 11.9 Å². The van der Waals surface area contributed by atoms with Crippen molar-refractivity contribution in [2.45, 2.75) is 33.3 Å². The van der Waals surface area contributed by atoms with Crippen LogP contribution in [0.2, 0.25) is 0 Å². The van der Waals surface area contributed by atoms with E-state index in [0.717, 1.165) is 0 Å². The van der Waals surface area contributed by atoms with Crippen LogP contribution >= 0.6 is 0 Å². The molecule has 1 N–H and O–H groups in total. The molecule has 0 aliphatic carbocycles. The van der Waals surface area contributed by atoms with Crippen molar-refractivity contribution >= 4 is 18.0 Å². The molecule has 0 aromatic heterocycles. The number of rotatable bonds is 6. The van der Waals surface area contributed by atoms with Crippen molar-refractivity contribution in [3.05, 3.63) is 70.8 Å². The van der Waals surface area contributed by atoms with Crippen LogP contribution in [0.25, 0.3) is 6.08 Å². The Balaban J connectivity index is 2.30. The van der Waals surface area contributed by atoms with E-state index in [2.05, 4.69) is 0 Å². The van der Waals surface area contributed by atoms with Crippen molar-refractivity contribution in [2.24, 2.45) is 0 Å². The topological polar surface area (TPSA) is 72.8 Å². The van der Waals surface area contributed by atoms with Gasteiger partial charge in [-0.1, -0.05) is 30.3 Å². The zero-order chi connectivity index (χ0) is 20.0. The summed E-state index contributed by atoms with van der Waals surface area (Å²) in [5.74, 6) is -0.814. The van der Waals surface area contributed by atoms with Crippen LogP contribution in [0.1, 0.15) is 42.3 Å². The highest BCUT2D eigenvalue weighted by Gasteiger charge is 2.20. The first-order valence-electron chi connectivity index (χ1n) is 8.61. The number of ether oxygens (including phenoxy) is 2. The van der Waals surface area contributed by atoms with Crippen LogP contribution in [0.5, 0.6) is 5.75 Å². The van der Waals surface area contributed by atoms with Gasteiger partial charge in [0.1, 0.15) is 18.0 Å². The van der Waals surface area contributed by atoms with Gasteiger partial charge in [-0.3, -0.25) is 0 Å². The monoisotopic (exact) mass is 368 g/mol. The van der Waals surface area contributed by atoms with Gasteiger partial charge in [-0.05, 0) is 63.1 Å². The maximum atomic E-state index is 12.6. The van der Waals surface area contributed by atoms with Crippen molar-refractivity contribution in [3.8, 4) is 5.75 Å². The molecule has 0 spiro atoms. The zero-order valence-electron chi connectivity index (χ0n) is 16.0. The third-order valence-corrected chi connectivity index (χ3v) is 3.62. The summed E-state index contributed by atoms with van der Waals surface area (Å²) in [7, 11) is 0. The summed E-state index contributed by atoms with van der Waals surface area (Å²) < 4.78 is 11.2. The van der Waals surface area contributed by atoms with Gasteiger partial charge in [-0.25, -0.2) is 9.59 Å². The second kappa shape index (κ2) is 8.54. The number of benzene rings is 2. The lowest BCUT2D eigenvalue weighted by Crippen LogP contribution is -2.26. The van der Waals surface area contributed by atoms with E-state index in [1.165, 1.54) is 6.07 Å². The van der Waals surface area contributed by atoms with Crippen LogP contribution in [0, 0.1) is 6.92 Å². The van der Waals surface area contributed by atoms with Crippen LogP contribution in [0.15, 0.2) is 54.1 Å². The maximum Gasteiger partial charge on any atom is 0.338 e. The SMILES string of the molecule is Cc1cc(C=C(COc2ccccc2)C(=O)OC(C)(C)C)ccc1C(=O)O. The minimum atomic E-state index is -0.984. The van der Waals surface area contributed by atoms with E-state index in [4.69, 9.17) is 14.6 Å². The fourth-order valence-corrected chi connectivity index (χ4v) is 2.40. The zero-order valence-corrected chi connectivity index (χ0v) is 16.0. The molecule has 2 aromatic carbocycles. The number of carbonyl (C=O) groups is 2. The summed E-state index contributed by atoms with van der Waals surface area (Å²) in [4.78, 5) is 23.7. The molecule has 0 unspecified atom stereocenters. The number of carboxylic acids is 1. The number of carboxylic acid groups (broad SMARTS) is 1. The molecule has 0 fully saturated rings. The lowest BCUT2D eigenvalue weighted by molar-refractivity contribution is -0.150. The van der Waals surface area contributed by atoms with E-state index in [9.17, 15) is 9.59 Å². The van der Waals surface area contributed by atoms with E-state index in [0.29, 0.717) is 22.4 Å². The number of aromatic carboxylic acids is 1. The smallest absolute Gasteiger partial charge is 0.338 e. The highest BCUT2D eigenvalue weighted by atomic mass is 16.6. The largest absolute Gasteiger partial charge is 0.489 e. The second-order valence-corrected chi connectivity index (χ2v) is 7.15. The van der Waals surface area contributed by atoms with E-state index in [-0.39, 0.29) is 12.2 Å². The predicted octanol–water partition coefficient (Wildman–Crippen LogP) is 4.50. The standard InChI is InChI=1S/C22H24O5/c1-15-12-16(10-11-19(15)20(23)24)13-17(21(25)27-22(2,3)4)14-26-18-8-6-5-7-9-18/h5-13H,14H2,1-4H3,(H,23,24). The fraction of sp³-hybridized carbons (Fsp3) is 0.273. The molecule has 2 aromatic rings. The first-order valence-corrected chi connectivity index (χ1v) is 8.61. The molecule has 0 aliphatic heterocycles. The number of esters is 1. The van der Waals surface area contributed by atoms with Gasteiger partial charge in [-0.2, -0.15) is 0 Å². The number of para-hydroxylation sites is 1. The molecule has 0 saturated heterocycles. The van der Waals surface area contributed by atoms with Gasteiger partial charge in [0.2, 0.25) is 0 Å². The first kappa shape index (κ1) is 20.2. The van der Waals surface area contributed by atoms with E-state index >= 15 is 0 Å². The van der Waals surface area contributed by atoms with E-state index in [1.807, 2.05) is 18.2 Å². The Labute approximate surface area is 159 Å². The van der Waals surface area contributed by atoms with Crippen molar-refractivity contribution in [1.29, 1.82) is 0 Å². The lowest BCUT2D eigenvalue weighted by atomic mass is 10.0. The third-order valence-electron chi connectivity index (χ3n) is 3.62. The summed E-state index contributed by atoms with van der Waals surface area (Å²) in [6.07, 6.45) is 1.66. The molecule has 0 bridgehead atoms. The molecule has 27 heavy (non-hydrogen) atoms. The van der Waals surface area contributed by atoms with Gasteiger partial charge in [0.15, 0.2) is 0 Å². The molecule has 0 aliphatic rings. The highest BCUT2D eigenvalue weighted by molar-refractivity contribution is 5.95. The van der Waals surface area contributed by atoms with Gasteiger partial charge in [0, 0.05) is 0 Å². The summed E-state index contributed by atoms with van der Waals surface area (Å²) in [6.45, 7) is 7.15. The summed E-state index contributed by atoms with van der Waals surface area (Å²) in [6, 6.07) is 14.1. The van der Waals surface area contributed by atoms with E-state index < -0.39 is 17.5 Å². The number of hydrogen-bond acceptors (Lipinski definition) is 4. The number of aryl methyl sites for hydroxylation is 1. The molecule has 5 nitrogen and oxygen atoms in total. The van der Waals surface area contributed by atoms with Crippen LogP contribution < -0.4 is 4.74 Å². The quantitative estimate of drug-likeness (QED) is 0.600. The molecule has 5 heteroatoms. The highest BCUT2D eigenvalue weighted by Crippen LogP contribution is 2.18. The van der Waals surface area contributed by atoms with Crippen molar-refractivity contribution in [3.63, 3.8) is 0 Å². The predicted molar refractivity (Wildman–Crippen MR) is 104 cm³/mol. The van der Waals surface area contributed by atoms with Crippen LogP contribution in [-0.4, -0.2) is 29.3 Å². The summed E-state index contributed by atoms with van der Waals surface area (Å²) in [5.41, 5.74) is 1.26. The van der Waals surface area contributed by atoms with Crippen LogP contribution in [0.3, 0.4) is 0 Å². The number of hydrogen-bond donors (Lipinski definition) is 1. The van der Waals surface area contributed by atoms with Crippen LogP contribution in [-0.2, 0) is 9.53 Å². The van der Waals surface area contributed by atoms with Crippen molar-refractivity contribution in [1.82, 2.24) is 0 Å². The Morgan fingerprint density at radius 3 is 2.30 bits per heavy atom. The van der Waals surface area contributed by atoms with Gasteiger partial charge < -0.3 is 14.6 Å². The third kappa shape index (κ3) is 6.29. The van der Waals surface area contributed by atoms with Crippen molar-refractivity contribution in [2.75, 3.05) is 6.61 Å². The molecule has 0 radical (unpaired) electrons. The Hall–Kier alpha value is -3.08. The average molecular weight is 368 g/mol. The first-order chi connectivity index (χ1) is 12.7. The van der Waals surface area contributed by atoms with Crippen molar-refractivity contribution < 1.29 is 24.2 Å². The Bertz CT molecular complexity index is 845. The average Bonchev–Trinajstić information content (AvgIpc) is 2.57.